The van der Waals surface area contributed by atoms with Crippen molar-refractivity contribution in [2.24, 2.45) is 5.92 Å². The zero-order valence-electron chi connectivity index (χ0n) is 17.3. The number of hydrogen-bond acceptors (Lipinski definition) is 9. The van der Waals surface area contributed by atoms with Crippen LogP contribution in [0.2, 0.25) is 0 Å². The minimum atomic E-state index is 0.279. The molecule has 5 fully saturated rings. The normalized spacial score (nSPS) is 29.6. The van der Waals surface area contributed by atoms with Crippen molar-refractivity contribution < 1.29 is 4.74 Å². The number of nitrogen functional groups attached to an aromatic ring is 1. The first-order chi connectivity index (χ1) is 14.7. The lowest BCUT2D eigenvalue weighted by atomic mass is 9.86. The maximum atomic E-state index is 5.69. The summed E-state index contributed by atoms with van der Waals surface area (Å²) in [6.07, 6.45) is 7.25. The van der Waals surface area contributed by atoms with E-state index in [1.807, 2.05) is 0 Å². The summed E-state index contributed by atoms with van der Waals surface area (Å²) in [6.45, 7) is 4.95. The maximum absolute atomic E-state index is 5.69. The van der Waals surface area contributed by atoms with Gasteiger partial charge in [0.2, 0.25) is 11.9 Å². The van der Waals surface area contributed by atoms with Gasteiger partial charge in [0.05, 0.1) is 12.3 Å². The first-order valence-corrected chi connectivity index (χ1v) is 10.9. The third kappa shape index (κ3) is 2.99. The van der Waals surface area contributed by atoms with Gasteiger partial charge in [0.25, 0.3) is 0 Å². The van der Waals surface area contributed by atoms with Gasteiger partial charge in [-0.05, 0) is 25.2 Å². The molecule has 0 amide bonds. The molecule has 0 aromatic carbocycles. The van der Waals surface area contributed by atoms with Gasteiger partial charge in [-0.25, -0.2) is 15.0 Å². The molecule has 7 rings (SSSR count). The third-order valence-electron chi connectivity index (χ3n) is 7.26. The Morgan fingerprint density at radius 2 is 1.83 bits per heavy atom. The van der Waals surface area contributed by atoms with Gasteiger partial charge >= 0.3 is 0 Å². The van der Waals surface area contributed by atoms with E-state index in [9.17, 15) is 0 Å². The Labute approximate surface area is 176 Å². The average molecular weight is 409 g/mol. The second kappa shape index (κ2) is 7.02. The molecule has 1 aliphatic carbocycles. The van der Waals surface area contributed by atoms with Crippen LogP contribution in [0.1, 0.15) is 19.3 Å². The molecule has 0 radical (unpaired) electrons. The molecular weight excluding hydrogens is 380 g/mol. The van der Waals surface area contributed by atoms with Crippen molar-refractivity contribution in [3.8, 4) is 11.3 Å². The van der Waals surface area contributed by atoms with Crippen molar-refractivity contribution in [3.63, 3.8) is 0 Å². The molecule has 4 bridgehead atoms. The van der Waals surface area contributed by atoms with Crippen LogP contribution in [-0.4, -0.2) is 82.9 Å². The standard InChI is InChI=1S/C21H28N8O/c1-30-3-2-27-11-17-6-16(27)12-28(17)19-7-18(14-8-23-20(22)24-9-14)25-21(26-19)29-10-13-4-15(29)5-13/h7-9,13,15-17H,2-6,10-12H2,1H3,(H2,22,23,24). The second-order valence-corrected chi connectivity index (χ2v) is 9.07. The summed E-state index contributed by atoms with van der Waals surface area (Å²) < 4.78 is 5.28. The van der Waals surface area contributed by atoms with E-state index in [0.29, 0.717) is 18.1 Å². The molecule has 2 unspecified atom stereocenters. The lowest BCUT2D eigenvalue weighted by Gasteiger charge is -2.35. The highest BCUT2D eigenvalue weighted by molar-refractivity contribution is 5.65. The molecule has 30 heavy (non-hydrogen) atoms. The lowest BCUT2D eigenvalue weighted by Crippen LogP contribution is -2.47. The number of anilines is 3. The van der Waals surface area contributed by atoms with E-state index in [4.69, 9.17) is 20.4 Å². The zero-order chi connectivity index (χ0) is 20.2. The quantitative estimate of drug-likeness (QED) is 0.751. The first-order valence-electron chi connectivity index (χ1n) is 10.9. The molecular formula is C21H28N8O. The molecule has 9 nitrogen and oxygen atoms in total. The molecule has 4 saturated heterocycles. The molecule has 2 aromatic heterocycles. The number of piperazine rings is 1. The third-order valence-corrected chi connectivity index (χ3v) is 7.26. The topological polar surface area (TPSA) is 96.5 Å². The SMILES string of the molecule is COCCN1CC2CC1CN2c1cc(-c2cnc(N)nc2)nc(N2CC3CC2C3)n1. The molecule has 158 valence electrons. The summed E-state index contributed by atoms with van der Waals surface area (Å²) >= 11 is 0. The summed E-state index contributed by atoms with van der Waals surface area (Å²) in [5.74, 6) is 2.96. The molecule has 1 saturated carbocycles. The van der Waals surface area contributed by atoms with Crippen LogP contribution >= 0.6 is 0 Å². The van der Waals surface area contributed by atoms with Gasteiger partial charge in [-0.3, -0.25) is 4.90 Å². The van der Waals surface area contributed by atoms with Crippen LogP contribution in [0.15, 0.2) is 18.5 Å². The van der Waals surface area contributed by atoms with E-state index in [0.717, 1.165) is 61.7 Å². The predicted molar refractivity (Wildman–Crippen MR) is 114 cm³/mol. The van der Waals surface area contributed by atoms with Crippen LogP contribution in [0.5, 0.6) is 0 Å². The van der Waals surface area contributed by atoms with Gasteiger partial charge in [-0.2, -0.15) is 4.98 Å². The Bertz CT molecular complexity index is 931. The highest BCUT2D eigenvalue weighted by Gasteiger charge is 2.46. The zero-order valence-corrected chi connectivity index (χ0v) is 17.3. The number of rotatable bonds is 6. The van der Waals surface area contributed by atoms with Gasteiger partial charge in [-0.1, -0.05) is 0 Å². The fraction of sp³-hybridized carbons (Fsp3) is 0.619. The van der Waals surface area contributed by atoms with Crippen molar-refractivity contribution in [2.45, 2.75) is 37.4 Å². The number of aromatic nitrogens is 4. The lowest BCUT2D eigenvalue weighted by molar-refractivity contribution is 0.136. The number of likely N-dealkylation sites (tertiary alicyclic amines) is 1. The van der Waals surface area contributed by atoms with Crippen molar-refractivity contribution in [1.29, 1.82) is 0 Å². The van der Waals surface area contributed by atoms with Crippen LogP contribution in [0, 0.1) is 5.92 Å². The van der Waals surface area contributed by atoms with Crippen molar-refractivity contribution >= 4 is 17.7 Å². The molecule has 9 heteroatoms. The summed E-state index contributed by atoms with van der Waals surface area (Å²) in [5.41, 5.74) is 7.45. The van der Waals surface area contributed by atoms with Crippen molar-refractivity contribution in [2.75, 3.05) is 55.4 Å². The van der Waals surface area contributed by atoms with E-state index < -0.39 is 0 Å². The average Bonchev–Trinajstić information content (AvgIpc) is 3.51. The number of fused-ring (bicyclic) bond motifs is 3. The number of hydrogen-bond donors (Lipinski definition) is 1. The molecule has 2 N–H and O–H groups in total. The molecule has 0 spiro atoms. The van der Waals surface area contributed by atoms with Gasteiger partial charge in [0.1, 0.15) is 5.82 Å². The van der Waals surface area contributed by atoms with E-state index in [2.05, 4.69) is 30.7 Å². The van der Waals surface area contributed by atoms with Gasteiger partial charge < -0.3 is 20.3 Å². The number of ether oxygens (including phenoxy) is 1. The van der Waals surface area contributed by atoms with Crippen molar-refractivity contribution in [1.82, 2.24) is 24.8 Å². The first kappa shape index (κ1) is 18.3. The van der Waals surface area contributed by atoms with Gasteiger partial charge in [0, 0.05) is 75.4 Å². The Morgan fingerprint density at radius 1 is 1.00 bits per heavy atom. The minimum absolute atomic E-state index is 0.279. The van der Waals surface area contributed by atoms with Gasteiger partial charge in [0.15, 0.2) is 0 Å². The molecule has 2 aromatic rings. The van der Waals surface area contributed by atoms with E-state index in [1.54, 1.807) is 19.5 Å². The maximum Gasteiger partial charge on any atom is 0.228 e. The van der Waals surface area contributed by atoms with Crippen molar-refractivity contribution in [3.05, 3.63) is 18.5 Å². The Balaban J connectivity index is 1.32. The fourth-order valence-corrected chi connectivity index (χ4v) is 5.60. The molecule has 5 aliphatic rings. The fourth-order valence-electron chi connectivity index (χ4n) is 5.60. The van der Waals surface area contributed by atoms with E-state index >= 15 is 0 Å². The van der Waals surface area contributed by atoms with Crippen LogP contribution in [-0.2, 0) is 4.74 Å². The van der Waals surface area contributed by atoms with Gasteiger partial charge in [-0.15, -0.1) is 0 Å². The van der Waals surface area contributed by atoms with Crippen LogP contribution in [0.25, 0.3) is 11.3 Å². The summed E-state index contributed by atoms with van der Waals surface area (Å²) in [6, 6.07) is 3.77. The monoisotopic (exact) mass is 408 g/mol. The van der Waals surface area contributed by atoms with E-state index in [1.165, 1.54) is 19.3 Å². The Hall–Kier alpha value is -2.52. The summed E-state index contributed by atoms with van der Waals surface area (Å²) in [4.78, 5) is 25.7. The predicted octanol–water partition coefficient (Wildman–Crippen LogP) is 1.02. The minimum Gasteiger partial charge on any atom is -0.383 e. The summed E-state index contributed by atoms with van der Waals surface area (Å²) in [7, 11) is 1.77. The Morgan fingerprint density at radius 3 is 2.50 bits per heavy atom. The largest absolute Gasteiger partial charge is 0.383 e. The molecule has 2 atom stereocenters. The summed E-state index contributed by atoms with van der Waals surface area (Å²) in [5, 5.41) is 0. The number of methoxy groups -OCH3 is 1. The molecule has 6 heterocycles. The highest BCUT2D eigenvalue weighted by atomic mass is 16.5. The highest BCUT2D eigenvalue weighted by Crippen LogP contribution is 2.43. The van der Waals surface area contributed by atoms with Crippen LogP contribution < -0.4 is 15.5 Å². The Kier molecular flexibility index (Phi) is 4.28. The molecule has 4 aliphatic heterocycles. The second-order valence-electron chi connectivity index (χ2n) is 9.07. The number of nitrogens with two attached hydrogens (primary N) is 1. The number of nitrogens with zero attached hydrogens (tertiary/aromatic N) is 7. The smallest absolute Gasteiger partial charge is 0.228 e. The van der Waals surface area contributed by atoms with E-state index in [-0.39, 0.29) is 5.95 Å². The van der Waals surface area contributed by atoms with Crippen LogP contribution in [0.4, 0.5) is 17.7 Å². The van der Waals surface area contributed by atoms with Crippen LogP contribution in [0.3, 0.4) is 0 Å².